The number of halogens is 2. The second-order valence-corrected chi connectivity index (χ2v) is 8.38. The van der Waals surface area contributed by atoms with Crippen LogP contribution >= 0.6 is 45.2 Å². The van der Waals surface area contributed by atoms with E-state index in [0.717, 1.165) is 11.3 Å². The van der Waals surface area contributed by atoms with Crippen LogP contribution in [0.4, 0.5) is 0 Å². The summed E-state index contributed by atoms with van der Waals surface area (Å²) in [5, 5.41) is 0. The summed E-state index contributed by atoms with van der Waals surface area (Å²) >= 11 is 3.71. The van der Waals surface area contributed by atoms with Gasteiger partial charge in [0.25, 0.3) is 10.1 Å². The Morgan fingerprint density at radius 2 is 1.43 bits per heavy atom. The molecule has 0 aliphatic heterocycles. The molecule has 2 rings (SSSR count). The molecule has 0 fully saturated rings. The maximum Gasteiger partial charge on any atom is 0.296 e. The zero-order valence-corrected chi connectivity index (χ0v) is 17.3. The molecule has 0 atom stereocenters. The summed E-state index contributed by atoms with van der Waals surface area (Å²) in [6.45, 7) is 2.70. The second-order valence-electron chi connectivity index (χ2n) is 4.70. The minimum absolute atomic E-state index is 0.0954. The van der Waals surface area contributed by atoms with Gasteiger partial charge in [0, 0.05) is 7.14 Å². The quantitative estimate of drug-likeness (QED) is 0.330. The van der Waals surface area contributed by atoms with E-state index in [0.29, 0.717) is 26.1 Å². The van der Waals surface area contributed by atoms with Gasteiger partial charge < -0.3 is 9.47 Å². The average Bonchev–Trinajstić information content (AvgIpc) is 2.43. The molecule has 124 valence electrons. The lowest BCUT2D eigenvalue weighted by atomic mass is 10.2. The zero-order valence-electron chi connectivity index (χ0n) is 12.1. The number of hydrogen-bond acceptors (Lipinski definition) is 4. The van der Waals surface area contributed by atoms with Gasteiger partial charge in [-0.15, -0.1) is 0 Å². The lowest BCUT2D eigenvalue weighted by Gasteiger charge is -2.11. The van der Waals surface area contributed by atoms with Crippen LogP contribution in [0.5, 0.6) is 11.5 Å². The Balaban J connectivity index is 1.95. The fraction of sp³-hybridized carbons (Fsp3) is 0.200. The van der Waals surface area contributed by atoms with E-state index < -0.39 is 10.1 Å². The van der Waals surface area contributed by atoms with E-state index in [1.807, 2.05) is 76.4 Å². The van der Waals surface area contributed by atoms with E-state index in [1.165, 1.54) is 0 Å². The Morgan fingerprint density at radius 3 is 1.91 bits per heavy atom. The summed E-state index contributed by atoms with van der Waals surface area (Å²) in [5.74, 6) is 1.30. The molecule has 0 heterocycles. The van der Waals surface area contributed by atoms with Crippen molar-refractivity contribution in [2.45, 2.75) is 11.8 Å². The van der Waals surface area contributed by atoms with E-state index in [-0.39, 0.29) is 4.90 Å². The molecule has 0 bridgehead atoms. The van der Waals surface area contributed by atoms with Crippen molar-refractivity contribution in [2.24, 2.45) is 0 Å². The van der Waals surface area contributed by atoms with E-state index in [2.05, 4.69) is 0 Å². The van der Waals surface area contributed by atoms with Crippen LogP contribution in [-0.2, 0) is 10.1 Å². The summed E-state index contributed by atoms with van der Waals surface area (Å²) in [6, 6.07) is 10.9. The highest BCUT2D eigenvalue weighted by molar-refractivity contribution is 14.1. The van der Waals surface area contributed by atoms with Crippen molar-refractivity contribution in [3.63, 3.8) is 0 Å². The summed E-state index contributed by atoms with van der Waals surface area (Å²) in [6.07, 6.45) is 0. The first-order valence-electron chi connectivity index (χ1n) is 6.56. The van der Waals surface area contributed by atoms with Crippen molar-refractivity contribution in [3.05, 3.63) is 49.1 Å². The van der Waals surface area contributed by atoms with Crippen LogP contribution in [0.25, 0.3) is 0 Å². The van der Waals surface area contributed by atoms with Gasteiger partial charge in [-0.05, 0) is 76.4 Å². The fourth-order valence-corrected chi connectivity index (χ4v) is 5.81. The third-order valence-electron chi connectivity index (χ3n) is 2.87. The SMILES string of the molecule is Cc1ccc(OCCOc2cc(I)c(S(=O)(=O)O)c(I)c2)cc1. The third-order valence-corrected chi connectivity index (χ3v) is 6.26. The summed E-state index contributed by atoms with van der Waals surface area (Å²) in [5.41, 5.74) is 1.16. The fourth-order valence-electron chi connectivity index (χ4n) is 1.82. The Kier molecular flexibility index (Phi) is 6.51. The first kappa shape index (κ1) is 18.7. The highest BCUT2D eigenvalue weighted by Gasteiger charge is 2.19. The van der Waals surface area contributed by atoms with E-state index in [9.17, 15) is 13.0 Å². The van der Waals surface area contributed by atoms with Crippen LogP contribution < -0.4 is 9.47 Å². The van der Waals surface area contributed by atoms with Gasteiger partial charge in [0.1, 0.15) is 29.6 Å². The van der Waals surface area contributed by atoms with Crippen molar-refractivity contribution >= 4 is 55.3 Å². The van der Waals surface area contributed by atoms with Crippen LogP contribution in [0.2, 0.25) is 0 Å². The average molecular weight is 560 g/mol. The first-order chi connectivity index (χ1) is 10.8. The van der Waals surface area contributed by atoms with E-state index >= 15 is 0 Å². The Labute approximate surface area is 162 Å². The van der Waals surface area contributed by atoms with Crippen LogP contribution in [0.1, 0.15) is 5.56 Å². The molecular formula is C15H14I2O5S. The smallest absolute Gasteiger partial charge is 0.296 e. The highest BCUT2D eigenvalue weighted by Crippen LogP contribution is 2.29. The Bertz CT molecular complexity index is 765. The third kappa shape index (κ3) is 5.47. The normalized spacial score (nSPS) is 11.3. The minimum Gasteiger partial charge on any atom is -0.490 e. The van der Waals surface area contributed by atoms with Gasteiger partial charge in [-0.25, -0.2) is 0 Å². The maximum absolute atomic E-state index is 11.3. The van der Waals surface area contributed by atoms with Crippen molar-refractivity contribution in [3.8, 4) is 11.5 Å². The van der Waals surface area contributed by atoms with Crippen LogP contribution in [0.15, 0.2) is 41.3 Å². The van der Waals surface area contributed by atoms with Crippen molar-refractivity contribution in [1.29, 1.82) is 0 Å². The summed E-state index contributed by atoms with van der Waals surface area (Å²) < 4.78 is 43.8. The van der Waals surface area contributed by atoms with Gasteiger partial charge in [0.05, 0.1) is 0 Å². The highest BCUT2D eigenvalue weighted by atomic mass is 127. The van der Waals surface area contributed by atoms with Gasteiger partial charge in [-0.2, -0.15) is 8.42 Å². The lowest BCUT2D eigenvalue weighted by Crippen LogP contribution is -2.10. The van der Waals surface area contributed by atoms with Crippen LogP contribution in [0, 0.1) is 14.1 Å². The van der Waals surface area contributed by atoms with Gasteiger partial charge >= 0.3 is 0 Å². The molecule has 0 radical (unpaired) electrons. The molecule has 0 saturated carbocycles. The number of aryl methyl sites for hydroxylation is 1. The largest absolute Gasteiger partial charge is 0.490 e. The number of benzene rings is 2. The van der Waals surface area contributed by atoms with E-state index in [1.54, 1.807) is 12.1 Å². The van der Waals surface area contributed by atoms with Gasteiger partial charge in [0.15, 0.2) is 0 Å². The molecule has 0 unspecified atom stereocenters. The molecular weight excluding hydrogens is 546 g/mol. The molecule has 5 nitrogen and oxygen atoms in total. The number of rotatable bonds is 6. The molecule has 2 aromatic carbocycles. The molecule has 0 aliphatic rings. The lowest BCUT2D eigenvalue weighted by molar-refractivity contribution is 0.217. The molecule has 8 heteroatoms. The molecule has 0 amide bonds. The molecule has 0 spiro atoms. The molecule has 0 saturated heterocycles. The van der Waals surface area contributed by atoms with Crippen molar-refractivity contribution in [1.82, 2.24) is 0 Å². The van der Waals surface area contributed by atoms with Gasteiger partial charge in [-0.3, -0.25) is 4.55 Å². The predicted octanol–water partition coefficient (Wildman–Crippen LogP) is 3.91. The molecule has 23 heavy (non-hydrogen) atoms. The monoisotopic (exact) mass is 560 g/mol. The van der Waals surface area contributed by atoms with Crippen LogP contribution in [0.3, 0.4) is 0 Å². The topological polar surface area (TPSA) is 72.8 Å². The minimum atomic E-state index is -4.24. The molecule has 0 aromatic heterocycles. The molecule has 2 aromatic rings. The van der Waals surface area contributed by atoms with Gasteiger partial charge in [-0.1, -0.05) is 17.7 Å². The second kappa shape index (κ2) is 7.99. The summed E-state index contributed by atoms with van der Waals surface area (Å²) in [4.78, 5) is -0.0954. The van der Waals surface area contributed by atoms with Gasteiger partial charge in [0.2, 0.25) is 0 Å². The van der Waals surface area contributed by atoms with Crippen molar-refractivity contribution in [2.75, 3.05) is 13.2 Å². The van der Waals surface area contributed by atoms with E-state index in [4.69, 9.17) is 9.47 Å². The number of hydrogen-bond donors (Lipinski definition) is 1. The van der Waals surface area contributed by atoms with Crippen molar-refractivity contribution < 1.29 is 22.4 Å². The Morgan fingerprint density at radius 1 is 0.957 bits per heavy atom. The maximum atomic E-state index is 11.3. The predicted molar refractivity (Wildman–Crippen MR) is 104 cm³/mol. The molecule has 1 N–H and O–H groups in total. The molecule has 0 aliphatic carbocycles. The Hall–Kier alpha value is -0.590. The summed E-state index contributed by atoms with van der Waals surface area (Å²) in [7, 11) is -4.24. The zero-order chi connectivity index (χ0) is 17.0. The number of ether oxygens (including phenoxy) is 2. The first-order valence-corrected chi connectivity index (χ1v) is 10.2. The van der Waals surface area contributed by atoms with Crippen LogP contribution in [-0.4, -0.2) is 26.2 Å². The standard InChI is InChI=1S/C15H14I2O5S/c1-10-2-4-11(5-3-10)21-6-7-22-12-8-13(16)15(14(17)9-12)23(18,19)20/h2-5,8-9H,6-7H2,1H3,(H,18,19,20).